The fourth-order valence-electron chi connectivity index (χ4n) is 1.85. The van der Waals surface area contributed by atoms with Crippen molar-refractivity contribution in [3.8, 4) is 0 Å². The van der Waals surface area contributed by atoms with Crippen molar-refractivity contribution in [3.63, 3.8) is 0 Å². The van der Waals surface area contributed by atoms with Gasteiger partial charge in [0.25, 0.3) is 0 Å². The Balaban J connectivity index is 3.28. The monoisotopic (exact) mass is 232 g/mol. The lowest BCUT2D eigenvalue weighted by atomic mass is 9.84. The molecule has 92 valence electrons. The average molecular weight is 232 g/mol. The summed E-state index contributed by atoms with van der Waals surface area (Å²) in [4.78, 5) is 0. The van der Waals surface area contributed by atoms with Crippen LogP contribution in [0.25, 0.3) is 0 Å². The zero-order valence-electron chi connectivity index (χ0n) is 10.9. The largest absolute Gasteiger partial charge is 0.381 e. The summed E-state index contributed by atoms with van der Waals surface area (Å²) in [5.74, 6) is 1.75. The molecule has 0 radical (unpaired) electrons. The normalized spacial score (nSPS) is 14.2. The quantitative estimate of drug-likeness (QED) is 0.488. The van der Waals surface area contributed by atoms with Crippen molar-refractivity contribution in [2.75, 3.05) is 19.0 Å². The minimum Gasteiger partial charge on any atom is -0.381 e. The van der Waals surface area contributed by atoms with E-state index in [1.165, 1.54) is 19.3 Å². The van der Waals surface area contributed by atoms with Crippen LogP contribution in [-0.4, -0.2) is 19.0 Å². The van der Waals surface area contributed by atoms with Gasteiger partial charge in [0.15, 0.2) is 0 Å². The lowest BCUT2D eigenvalue weighted by Gasteiger charge is -2.23. The van der Waals surface area contributed by atoms with Crippen LogP contribution in [0.1, 0.15) is 53.4 Å². The van der Waals surface area contributed by atoms with Gasteiger partial charge in [-0.05, 0) is 42.8 Å². The van der Waals surface area contributed by atoms with Crippen molar-refractivity contribution in [3.05, 3.63) is 0 Å². The summed E-state index contributed by atoms with van der Waals surface area (Å²) < 4.78 is 5.59. The Morgan fingerprint density at radius 1 is 1.13 bits per heavy atom. The number of rotatable bonds is 8. The van der Waals surface area contributed by atoms with Crippen LogP contribution < -0.4 is 0 Å². The Morgan fingerprint density at radius 3 is 2.33 bits per heavy atom. The molecular weight excluding hydrogens is 204 g/mol. The third-order valence-electron chi connectivity index (χ3n) is 2.41. The highest BCUT2D eigenvalue weighted by molar-refractivity contribution is 7.80. The maximum absolute atomic E-state index is 5.59. The highest BCUT2D eigenvalue weighted by atomic mass is 32.1. The van der Waals surface area contributed by atoms with Crippen LogP contribution in [0.15, 0.2) is 0 Å². The topological polar surface area (TPSA) is 9.23 Å². The van der Waals surface area contributed by atoms with Crippen molar-refractivity contribution in [2.24, 2.45) is 11.3 Å². The molecule has 1 unspecified atom stereocenters. The van der Waals surface area contributed by atoms with Crippen molar-refractivity contribution in [1.29, 1.82) is 0 Å². The van der Waals surface area contributed by atoms with Gasteiger partial charge in [-0.3, -0.25) is 0 Å². The van der Waals surface area contributed by atoms with Gasteiger partial charge < -0.3 is 4.74 Å². The minimum atomic E-state index is 0.450. The van der Waals surface area contributed by atoms with Crippen LogP contribution >= 0.6 is 12.6 Å². The van der Waals surface area contributed by atoms with E-state index >= 15 is 0 Å². The van der Waals surface area contributed by atoms with Crippen molar-refractivity contribution < 1.29 is 4.74 Å². The van der Waals surface area contributed by atoms with Gasteiger partial charge in [-0.15, -0.1) is 0 Å². The molecule has 0 rings (SSSR count). The predicted octanol–water partition coefficient (Wildman–Crippen LogP) is 4.18. The first-order valence-corrected chi connectivity index (χ1v) is 6.77. The summed E-state index contributed by atoms with van der Waals surface area (Å²) in [6.07, 6.45) is 4.79. The van der Waals surface area contributed by atoms with E-state index in [0.717, 1.165) is 31.3 Å². The fraction of sp³-hybridized carbons (Fsp3) is 1.00. The summed E-state index contributed by atoms with van der Waals surface area (Å²) in [6, 6.07) is 0. The van der Waals surface area contributed by atoms with Gasteiger partial charge in [0.05, 0.1) is 0 Å². The SMILES string of the molecule is CC(CCOCCCCS)CC(C)(C)C. The van der Waals surface area contributed by atoms with Crippen molar-refractivity contribution in [1.82, 2.24) is 0 Å². The number of hydrogen-bond acceptors (Lipinski definition) is 2. The molecule has 0 aromatic carbocycles. The number of thiol groups is 1. The molecule has 0 amide bonds. The third kappa shape index (κ3) is 12.2. The Morgan fingerprint density at radius 2 is 1.80 bits per heavy atom. The van der Waals surface area contributed by atoms with E-state index in [4.69, 9.17) is 4.74 Å². The Hall–Kier alpha value is 0.310. The second-order valence-electron chi connectivity index (χ2n) is 5.70. The van der Waals surface area contributed by atoms with Crippen LogP contribution in [0, 0.1) is 11.3 Å². The van der Waals surface area contributed by atoms with E-state index in [2.05, 4.69) is 40.3 Å². The fourth-order valence-corrected chi connectivity index (χ4v) is 2.07. The van der Waals surface area contributed by atoms with Crippen LogP contribution in [0.3, 0.4) is 0 Å². The van der Waals surface area contributed by atoms with Gasteiger partial charge in [0.2, 0.25) is 0 Å². The first kappa shape index (κ1) is 15.3. The van der Waals surface area contributed by atoms with Crippen LogP contribution in [0.2, 0.25) is 0 Å². The standard InChI is InChI=1S/C13H28OS/c1-12(11-13(2,3)4)7-9-14-8-5-6-10-15/h12,15H,5-11H2,1-4H3. The molecule has 2 heteroatoms. The summed E-state index contributed by atoms with van der Waals surface area (Å²) >= 11 is 4.17. The second-order valence-corrected chi connectivity index (χ2v) is 6.15. The van der Waals surface area contributed by atoms with Crippen LogP contribution in [0.5, 0.6) is 0 Å². The second kappa shape index (κ2) is 8.46. The molecule has 15 heavy (non-hydrogen) atoms. The summed E-state index contributed by atoms with van der Waals surface area (Å²) in [5.41, 5.74) is 0.450. The molecule has 0 spiro atoms. The molecule has 0 bridgehead atoms. The van der Waals surface area contributed by atoms with Gasteiger partial charge in [-0.2, -0.15) is 12.6 Å². The zero-order chi connectivity index (χ0) is 11.7. The molecule has 0 fully saturated rings. The first-order valence-electron chi connectivity index (χ1n) is 6.14. The average Bonchev–Trinajstić information content (AvgIpc) is 2.08. The summed E-state index contributed by atoms with van der Waals surface area (Å²) in [7, 11) is 0. The van der Waals surface area contributed by atoms with Crippen molar-refractivity contribution >= 4 is 12.6 Å². The maximum atomic E-state index is 5.59. The van der Waals surface area contributed by atoms with Gasteiger partial charge in [-0.1, -0.05) is 27.7 Å². The highest BCUT2D eigenvalue weighted by Crippen LogP contribution is 2.25. The van der Waals surface area contributed by atoms with E-state index in [9.17, 15) is 0 Å². The van der Waals surface area contributed by atoms with E-state index in [-0.39, 0.29) is 0 Å². The molecule has 0 aliphatic rings. The van der Waals surface area contributed by atoms with Gasteiger partial charge >= 0.3 is 0 Å². The molecule has 1 atom stereocenters. The van der Waals surface area contributed by atoms with Gasteiger partial charge in [0.1, 0.15) is 0 Å². The molecule has 0 aromatic heterocycles. The summed E-state index contributed by atoms with van der Waals surface area (Å²) in [6.45, 7) is 11.1. The Kier molecular flexibility index (Phi) is 8.64. The molecule has 0 heterocycles. The Bertz CT molecular complexity index is 140. The smallest absolute Gasteiger partial charge is 0.0468 e. The molecule has 0 N–H and O–H groups in total. The molecule has 1 nitrogen and oxygen atoms in total. The first-order chi connectivity index (χ1) is 6.95. The third-order valence-corrected chi connectivity index (χ3v) is 2.73. The Labute approximate surface area is 101 Å². The zero-order valence-corrected chi connectivity index (χ0v) is 11.8. The number of ether oxygens (including phenoxy) is 1. The molecule has 0 aliphatic heterocycles. The van der Waals surface area contributed by atoms with E-state index in [1.807, 2.05) is 0 Å². The minimum absolute atomic E-state index is 0.450. The van der Waals surface area contributed by atoms with Crippen molar-refractivity contribution in [2.45, 2.75) is 53.4 Å². The lowest BCUT2D eigenvalue weighted by Crippen LogP contribution is -2.12. The highest BCUT2D eigenvalue weighted by Gasteiger charge is 2.14. The van der Waals surface area contributed by atoms with E-state index in [1.54, 1.807) is 0 Å². The predicted molar refractivity (Wildman–Crippen MR) is 71.8 cm³/mol. The lowest BCUT2D eigenvalue weighted by molar-refractivity contribution is 0.113. The summed E-state index contributed by atoms with van der Waals surface area (Å²) in [5, 5.41) is 0. The number of hydrogen-bond donors (Lipinski definition) is 1. The molecule has 0 saturated carbocycles. The van der Waals surface area contributed by atoms with Crippen LogP contribution in [-0.2, 0) is 4.74 Å². The van der Waals surface area contributed by atoms with Gasteiger partial charge in [0, 0.05) is 13.2 Å². The van der Waals surface area contributed by atoms with Gasteiger partial charge in [-0.25, -0.2) is 0 Å². The molecule has 0 aromatic rings. The molecule has 0 saturated heterocycles. The maximum Gasteiger partial charge on any atom is 0.0468 e. The van der Waals surface area contributed by atoms with E-state index < -0.39 is 0 Å². The van der Waals surface area contributed by atoms with E-state index in [0.29, 0.717) is 5.41 Å². The number of unbranched alkanes of at least 4 members (excludes halogenated alkanes) is 1. The molecule has 0 aliphatic carbocycles. The molecular formula is C13H28OS. The van der Waals surface area contributed by atoms with Crippen LogP contribution in [0.4, 0.5) is 0 Å².